The van der Waals surface area contributed by atoms with Crippen molar-refractivity contribution in [3.63, 3.8) is 0 Å². The molecule has 0 amide bonds. The van der Waals surface area contributed by atoms with Crippen LogP contribution in [0.4, 0.5) is 5.69 Å². The third kappa shape index (κ3) is 3.53. The molecule has 2 nitrogen and oxygen atoms in total. The van der Waals surface area contributed by atoms with Gasteiger partial charge in [-0.25, -0.2) is 0 Å². The van der Waals surface area contributed by atoms with Crippen LogP contribution in [0, 0.1) is 0 Å². The van der Waals surface area contributed by atoms with Gasteiger partial charge in [0.15, 0.2) is 0 Å². The van der Waals surface area contributed by atoms with Gasteiger partial charge in [-0.05, 0) is 44.0 Å². The Kier molecular flexibility index (Phi) is 5.16. The number of hydrogen-bond acceptors (Lipinski definition) is 2. The number of halogens is 2. The monoisotopic (exact) mass is 286 g/mol. The minimum absolute atomic E-state index is 0.564. The lowest BCUT2D eigenvalue weighted by Crippen LogP contribution is -2.46. The molecular formula is C14H20Cl2N2. The summed E-state index contributed by atoms with van der Waals surface area (Å²) in [6, 6.07) is 6.24. The topological polar surface area (TPSA) is 15.3 Å². The van der Waals surface area contributed by atoms with Crippen molar-refractivity contribution < 1.29 is 0 Å². The molecule has 0 spiro atoms. The van der Waals surface area contributed by atoms with E-state index in [2.05, 4.69) is 17.1 Å². The van der Waals surface area contributed by atoms with E-state index in [4.69, 9.17) is 23.2 Å². The quantitative estimate of drug-likeness (QED) is 0.901. The maximum Gasteiger partial charge on any atom is 0.0640 e. The molecule has 1 N–H and O–H groups in total. The van der Waals surface area contributed by atoms with Crippen molar-refractivity contribution in [3.05, 3.63) is 28.2 Å². The van der Waals surface area contributed by atoms with Crippen molar-refractivity contribution in [2.45, 2.75) is 32.2 Å². The fourth-order valence-electron chi connectivity index (χ4n) is 2.44. The molecule has 1 aliphatic rings. The molecule has 100 valence electrons. The molecule has 0 radical (unpaired) electrons. The Bertz CT molecular complexity index is 395. The van der Waals surface area contributed by atoms with Crippen molar-refractivity contribution in [2.24, 2.45) is 0 Å². The minimum atomic E-state index is 0.564. The third-order valence-corrected chi connectivity index (χ3v) is 3.91. The Hall–Kier alpha value is -0.440. The number of anilines is 1. The van der Waals surface area contributed by atoms with Crippen LogP contribution in [-0.2, 0) is 0 Å². The molecule has 1 saturated heterocycles. The Morgan fingerprint density at radius 1 is 1.39 bits per heavy atom. The number of piperidine rings is 1. The summed E-state index contributed by atoms with van der Waals surface area (Å²) in [6.45, 7) is 5.35. The predicted octanol–water partition coefficient (Wildman–Crippen LogP) is 3.96. The summed E-state index contributed by atoms with van der Waals surface area (Å²) in [7, 11) is 0. The standard InChI is InChI=1S/C14H20Cl2N2/c1-2-7-17-12-4-3-8-18(10-12)14-9-11(15)5-6-13(14)16/h5-6,9,12,17H,2-4,7-8,10H2,1H3. The molecule has 1 unspecified atom stereocenters. The van der Waals surface area contributed by atoms with Crippen LogP contribution < -0.4 is 10.2 Å². The predicted molar refractivity (Wildman–Crippen MR) is 80.0 cm³/mol. The smallest absolute Gasteiger partial charge is 0.0640 e. The summed E-state index contributed by atoms with van der Waals surface area (Å²) in [5.41, 5.74) is 1.06. The van der Waals surface area contributed by atoms with E-state index >= 15 is 0 Å². The fourth-order valence-corrected chi connectivity index (χ4v) is 2.84. The molecule has 2 rings (SSSR count). The summed E-state index contributed by atoms with van der Waals surface area (Å²) < 4.78 is 0. The Morgan fingerprint density at radius 3 is 3.00 bits per heavy atom. The van der Waals surface area contributed by atoms with Gasteiger partial charge in [-0.1, -0.05) is 30.1 Å². The molecular weight excluding hydrogens is 267 g/mol. The highest BCUT2D eigenvalue weighted by Gasteiger charge is 2.21. The maximum atomic E-state index is 6.26. The Labute approximate surface area is 119 Å². The van der Waals surface area contributed by atoms with Gasteiger partial charge in [-0.3, -0.25) is 0 Å². The first kappa shape index (κ1) is 14.0. The average molecular weight is 287 g/mol. The third-order valence-electron chi connectivity index (χ3n) is 3.35. The number of rotatable bonds is 4. The molecule has 1 aromatic rings. The highest BCUT2D eigenvalue weighted by molar-refractivity contribution is 6.35. The van der Waals surface area contributed by atoms with Gasteiger partial charge in [-0.2, -0.15) is 0 Å². The summed E-state index contributed by atoms with van der Waals surface area (Å²) in [5.74, 6) is 0. The van der Waals surface area contributed by atoms with Gasteiger partial charge >= 0.3 is 0 Å². The van der Waals surface area contributed by atoms with E-state index in [0.29, 0.717) is 6.04 Å². The highest BCUT2D eigenvalue weighted by atomic mass is 35.5. The molecule has 0 aliphatic carbocycles. The molecule has 0 saturated carbocycles. The summed E-state index contributed by atoms with van der Waals surface area (Å²) in [5, 5.41) is 5.12. The second-order valence-corrected chi connectivity index (χ2v) is 5.68. The second kappa shape index (κ2) is 6.65. The van der Waals surface area contributed by atoms with E-state index in [0.717, 1.165) is 35.4 Å². The molecule has 0 bridgehead atoms. The Balaban J connectivity index is 2.05. The van der Waals surface area contributed by atoms with E-state index < -0.39 is 0 Å². The van der Waals surface area contributed by atoms with Gasteiger partial charge < -0.3 is 10.2 Å². The summed E-state index contributed by atoms with van der Waals surface area (Å²) in [4.78, 5) is 2.34. The molecule has 18 heavy (non-hydrogen) atoms. The molecule has 4 heteroatoms. The largest absolute Gasteiger partial charge is 0.369 e. The van der Waals surface area contributed by atoms with Gasteiger partial charge in [-0.15, -0.1) is 0 Å². The van der Waals surface area contributed by atoms with E-state index in [1.807, 2.05) is 18.2 Å². The van der Waals surface area contributed by atoms with Crippen molar-refractivity contribution in [2.75, 3.05) is 24.5 Å². The van der Waals surface area contributed by atoms with Gasteiger partial charge in [0.2, 0.25) is 0 Å². The zero-order valence-electron chi connectivity index (χ0n) is 10.8. The van der Waals surface area contributed by atoms with Gasteiger partial charge in [0.25, 0.3) is 0 Å². The van der Waals surface area contributed by atoms with Crippen LogP contribution in [0.1, 0.15) is 26.2 Å². The Morgan fingerprint density at radius 2 is 2.22 bits per heavy atom. The first-order valence-corrected chi connectivity index (χ1v) is 7.39. The van der Waals surface area contributed by atoms with Crippen molar-refractivity contribution in [1.29, 1.82) is 0 Å². The summed E-state index contributed by atoms with van der Waals surface area (Å²) >= 11 is 12.3. The van der Waals surface area contributed by atoms with Gasteiger partial charge in [0, 0.05) is 24.2 Å². The second-order valence-electron chi connectivity index (χ2n) is 4.84. The molecule has 0 aromatic heterocycles. The first-order chi connectivity index (χ1) is 8.70. The van der Waals surface area contributed by atoms with Crippen LogP contribution >= 0.6 is 23.2 Å². The van der Waals surface area contributed by atoms with Crippen LogP contribution in [0.15, 0.2) is 18.2 Å². The molecule has 1 aromatic carbocycles. The lowest BCUT2D eigenvalue weighted by molar-refractivity contribution is 0.423. The van der Waals surface area contributed by atoms with Crippen molar-refractivity contribution in [1.82, 2.24) is 5.32 Å². The number of nitrogens with zero attached hydrogens (tertiary/aromatic N) is 1. The van der Waals surface area contributed by atoms with Gasteiger partial charge in [0.1, 0.15) is 0 Å². The van der Waals surface area contributed by atoms with E-state index in [-0.39, 0.29) is 0 Å². The van der Waals surface area contributed by atoms with Crippen molar-refractivity contribution >= 4 is 28.9 Å². The lowest BCUT2D eigenvalue weighted by atomic mass is 10.0. The SMILES string of the molecule is CCCNC1CCCN(c2cc(Cl)ccc2Cl)C1. The average Bonchev–Trinajstić information content (AvgIpc) is 2.39. The van der Waals surface area contributed by atoms with Crippen LogP contribution in [0.25, 0.3) is 0 Å². The van der Waals surface area contributed by atoms with Crippen molar-refractivity contribution in [3.8, 4) is 0 Å². The van der Waals surface area contributed by atoms with E-state index in [1.54, 1.807) is 0 Å². The van der Waals surface area contributed by atoms with Crippen LogP contribution in [-0.4, -0.2) is 25.7 Å². The zero-order valence-corrected chi connectivity index (χ0v) is 12.3. The first-order valence-electron chi connectivity index (χ1n) is 6.64. The van der Waals surface area contributed by atoms with Gasteiger partial charge in [0.05, 0.1) is 10.7 Å². The maximum absolute atomic E-state index is 6.26. The molecule has 1 aliphatic heterocycles. The number of hydrogen-bond donors (Lipinski definition) is 1. The number of benzene rings is 1. The van der Waals surface area contributed by atoms with E-state index in [9.17, 15) is 0 Å². The molecule has 1 heterocycles. The normalized spacial score (nSPS) is 20.2. The zero-order chi connectivity index (χ0) is 13.0. The van der Waals surface area contributed by atoms with Crippen LogP contribution in [0.3, 0.4) is 0 Å². The fraction of sp³-hybridized carbons (Fsp3) is 0.571. The lowest BCUT2D eigenvalue weighted by Gasteiger charge is -2.35. The molecule has 1 fully saturated rings. The van der Waals surface area contributed by atoms with E-state index in [1.165, 1.54) is 19.3 Å². The van der Waals surface area contributed by atoms with Crippen LogP contribution in [0.5, 0.6) is 0 Å². The minimum Gasteiger partial charge on any atom is -0.369 e. The molecule has 1 atom stereocenters. The number of nitrogens with one attached hydrogen (secondary N) is 1. The highest BCUT2D eigenvalue weighted by Crippen LogP contribution is 2.30. The summed E-state index contributed by atoms with van der Waals surface area (Å²) in [6.07, 6.45) is 3.62. The van der Waals surface area contributed by atoms with Crippen LogP contribution in [0.2, 0.25) is 10.0 Å².